The van der Waals surface area contributed by atoms with Gasteiger partial charge in [0.2, 0.25) is 0 Å². The van der Waals surface area contributed by atoms with Crippen LogP contribution in [-0.4, -0.2) is 15.9 Å². The maximum atomic E-state index is 8.83. The zero-order valence-corrected chi connectivity index (χ0v) is 8.96. The van der Waals surface area contributed by atoms with Gasteiger partial charge in [0, 0.05) is 17.3 Å². The molecule has 0 amide bonds. The lowest BCUT2D eigenvalue weighted by atomic mass is 10.0. The zero-order chi connectivity index (χ0) is 11.4. The molecule has 0 radical (unpaired) electrons. The van der Waals surface area contributed by atoms with Crippen molar-refractivity contribution in [3.8, 4) is 11.3 Å². The van der Waals surface area contributed by atoms with Crippen molar-refractivity contribution in [2.45, 2.75) is 6.92 Å². The van der Waals surface area contributed by atoms with Gasteiger partial charge in [-0.1, -0.05) is 35.5 Å². The van der Waals surface area contributed by atoms with Gasteiger partial charge in [0.1, 0.15) is 0 Å². The predicted molar refractivity (Wildman–Crippen MR) is 63.7 cm³/mol. The van der Waals surface area contributed by atoms with E-state index >= 15 is 0 Å². The summed E-state index contributed by atoms with van der Waals surface area (Å²) in [7, 11) is 0. The maximum Gasteiger partial charge on any atom is 0.0843 e. The highest BCUT2D eigenvalue weighted by Gasteiger charge is 2.07. The van der Waals surface area contributed by atoms with Crippen LogP contribution in [0.15, 0.2) is 53.8 Å². The minimum Gasteiger partial charge on any atom is -0.411 e. The standard InChI is InChI=1S/C13H12N2O/c1-10(15-16)11-6-2-3-7-12(11)13-8-4-5-9-14-13/h2-9,16H,1H3. The van der Waals surface area contributed by atoms with E-state index in [1.807, 2.05) is 42.5 Å². The van der Waals surface area contributed by atoms with E-state index in [1.165, 1.54) is 0 Å². The number of rotatable bonds is 2. The highest BCUT2D eigenvalue weighted by molar-refractivity contribution is 6.03. The Morgan fingerprint density at radius 1 is 1.12 bits per heavy atom. The van der Waals surface area contributed by atoms with Gasteiger partial charge in [0.25, 0.3) is 0 Å². The third-order valence-electron chi connectivity index (χ3n) is 2.41. The van der Waals surface area contributed by atoms with E-state index < -0.39 is 0 Å². The second kappa shape index (κ2) is 4.57. The number of nitrogens with zero attached hydrogens (tertiary/aromatic N) is 2. The van der Waals surface area contributed by atoms with Gasteiger partial charge in [-0.2, -0.15) is 0 Å². The number of hydrogen-bond donors (Lipinski definition) is 1. The largest absolute Gasteiger partial charge is 0.411 e. The van der Waals surface area contributed by atoms with Crippen molar-refractivity contribution in [3.05, 3.63) is 54.2 Å². The fourth-order valence-electron chi connectivity index (χ4n) is 1.60. The molecule has 1 aromatic carbocycles. The van der Waals surface area contributed by atoms with Crippen molar-refractivity contribution in [2.75, 3.05) is 0 Å². The molecule has 0 aliphatic carbocycles. The number of pyridine rings is 1. The Morgan fingerprint density at radius 2 is 1.88 bits per heavy atom. The number of aromatic nitrogens is 1. The molecule has 1 N–H and O–H groups in total. The summed E-state index contributed by atoms with van der Waals surface area (Å²) in [5.74, 6) is 0. The summed E-state index contributed by atoms with van der Waals surface area (Å²) >= 11 is 0. The smallest absolute Gasteiger partial charge is 0.0843 e. The second-order valence-electron chi connectivity index (χ2n) is 3.45. The van der Waals surface area contributed by atoms with Crippen LogP contribution in [0, 0.1) is 0 Å². The molecule has 0 saturated carbocycles. The zero-order valence-electron chi connectivity index (χ0n) is 8.96. The maximum absolute atomic E-state index is 8.83. The van der Waals surface area contributed by atoms with Crippen LogP contribution in [0.3, 0.4) is 0 Å². The molecule has 80 valence electrons. The first-order valence-electron chi connectivity index (χ1n) is 5.02. The normalized spacial score (nSPS) is 11.4. The molecular formula is C13H12N2O. The number of oxime groups is 1. The van der Waals surface area contributed by atoms with Crippen LogP contribution >= 0.6 is 0 Å². The molecule has 0 unspecified atom stereocenters. The first-order chi connectivity index (χ1) is 7.83. The summed E-state index contributed by atoms with van der Waals surface area (Å²) in [6.07, 6.45) is 1.75. The van der Waals surface area contributed by atoms with Crippen LogP contribution in [-0.2, 0) is 0 Å². The second-order valence-corrected chi connectivity index (χ2v) is 3.45. The average Bonchev–Trinajstić information content (AvgIpc) is 2.39. The Kier molecular flexibility index (Phi) is 2.96. The van der Waals surface area contributed by atoms with Gasteiger partial charge < -0.3 is 5.21 Å². The average molecular weight is 212 g/mol. The van der Waals surface area contributed by atoms with E-state index in [9.17, 15) is 0 Å². The fraction of sp³-hybridized carbons (Fsp3) is 0.0769. The highest BCUT2D eigenvalue weighted by atomic mass is 16.4. The van der Waals surface area contributed by atoms with Gasteiger partial charge in [0.05, 0.1) is 11.4 Å². The van der Waals surface area contributed by atoms with Crippen molar-refractivity contribution in [1.29, 1.82) is 0 Å². The molecule has 0 fully saturated rings. The van der Waals surface area contributed by atoms with E-state index in [-0.39, 0.29) is 0 Å². The molecule has 16 heavy (non-hydrogen) atoms. The topological polar surface area (TPSA) is 45.5 Å². The SMILES string of the molecule is CC(=NO)c1ccccc1-c1ccccn1. The van der Waals surface area contributed by atoms with Crippen molar-refractivity contribution in [1.82, 2.24) is 4.98 Å². The van der Waals surface area contributed by atoms with Gasteiger partial charge >= 0.3 is 0 Å². The molecule has 2 aromatic rings. The van der Waals surface area contributed by atoms with E-state index in [2.05, 4.69) is 10.1 Å². The Labute approximate surface area is 94.1 Å². The van der Waals surface area contributed by atoms with Gasteiger partial charge in [-0.3, -0.25) is 4.98 Å². The summed E-state index contributed by atoms with van der Waals surface area (Å²) in [6.45, 7) is 1.77. The molecule has 0 spiro atoms. The molecule has 1 heterocycles. The molecule has 3 nitrogen and oxygen atoms in total. The van der Waals surface area contributed by atoms with E-state index in [0.29, 0.717) is 5.71 Å². The summed E-state index contributed by atoms with van der Waals surface area (Å²) in [5.41, 5.74) is 3.32. The number of benzene rings is 1. The van der Waals surface area contributed by atoms with Gasteiger partial charge in [-0.05, 0) is 19.1 Å². The lowest BCUT2D eigenvalue weighted by molar-refractivity contribution is 0.319. The molecule has 0 aliphatic rings. The molecule has 0 atom stereocenters. The molecule has 0 aliphatic heterocycles. The Bertz CT molecular complexity index is 506. The molecule has 3 heteroatoms. The van der Waals surface area contributed by atoms with Crippen molar-refractivity contribution in [2.24, 2.45) is 5.16 Å². The lowest BCUT2D eigenvalue weighted by Crippen LogP contribution is -1.98. The van der Waals surface area contributed by atoms with Crippen molar-refractivity contribution < 1.29 is 5.21 Å². The first kappa shape index (κ1) is 10.4. The summed E-state index contributed by atoms with van der Waals surface area (Å²) < 4.78 is 0. The third kappa shape index (κ3) is 1.93. The lowest BCUT2D eigenvalue weighted by Gasteiger charge is -2.06. The Hall–Kier alpha value is -2.16. The van der Waals surface area contributed by atoms with Gasteiger partial charge in [-0.15, -0.1) is 0 Å². The van der Waals surface area contributed by atoms with Crippen LogP contribution in [0.1, 0.15) is 12.5 Å². The monoisotopic (exact) mass is 212 g/mol. The molecule has 0 saturated heterocycles. The van der Waals surface area contributed by atoms with Gasteiger partial charge in [0.15, 0.2) is 0 Å². The van der Waals surface area contributed by atoms with Crippen molar-refractivity contribution in [3.63, 3.8) is 0 Å². The third-order valence-corrected chi connectivity index (χ3v) is 2.41. The summed E-state index contributed by atoms with van der Waals surface area (Å²) in [4.78, 5) is 4.29. The molecule has 1 aromatic heterocycles. The van der Waals surface area contributed by atoms with E-state index in [4.69, 9.17) is 5.21 Å². The quantitative estimate of drug-likeness (QED) is 0.472. The predicted octanol–water partition coefficient (Wildman–Crippen LogP) is 2.95. The summed E-state index contributed by atoms with van der Waals surface area (Å²) in [5, 5.41) is 12.1. The van der Waals surface area contributed by atoms with Crippen LogP contribution < -0.4 is 0 Å². The highest BCUT2D eigenvalue weighted by Crippen LogP contribution is 2.21. The molecule has 0 bridgehead atoms. The van der Waals surface area contributed by atoms with Crippen LogP contribution in [0.2, 0.25) is 0 Å². The van der Waals surface area contributed by atoms with Gasteiger partial charge in [-0.25, -0.2) is 0 Å². The summed E-state index contributed by atoms with van der Waals surface area (Å²) in [6, 6.07) is 13.5. The van der Waals surface area contributed by atoms with Crippen LogP contribution in [0.4, 0.5) is 0 Å². The first-order valence-corrected chi connectivity index (χ1v) is 5.02. The van der Waals surface area contributed by atoms with E-state index in [1.54, 1.807) is 13.1 Å². The minimum atomic E-state index is 0.584. The van der Waals surface area contributed by atoms with Crippen molar-refractivity contribution >= 4 is 5.71 Å². The van der Waals surface area contributed by atoms with Crippen LogP contribution in [0.5, 0.6) is 0 Å². The molecular weight excluding hydrogens is 200 g/mol. The Balaban J connectivity index is 2.58. The number of hydrogen-bond acceptors (Lipinski definition) is 3. The Morgan fingerprint density at radius 3 is 2.56 bits per heavy atom. The fourth-order valence-corrected chi connectivity index (χ4v) is 1.60. The van der Waals surface area contributed by atoms with Crippen LogP contribution in [0.25, 0.3) is 11.3 Å². The minimum absolute atomic E-state index is 0.584. The molecule has 2 rings (SSSR count). The van der Waals surface area contributed by atoms with E-state index in [0.717, 1.165) is 16.8 Å².